The maximum atomic E-state index is 9.39. The fraction of sp³-hybridized carbons (Fsp3) is 0.600. The van der Waals surface area contributed by atoms with Gasteiger partial charge in [-0.25, -0.2) is 0 Å². The lowest BCUT2D eigenvalue weighted by molar-refractivity contribution is 0.243. The lowest BCUT2D eigenvalue weighted by atomic mass is 10.1. The molecule has 0 aliphatic heterocycles. The van der Waals surface area contributed by atoms with Crippen molar-refractivity contribution >= 4 is 5.69 Å². The van der Waals surface area contributed by atoms with E-state index in [0.29, 0.717) is 6.04 Å². The lowest BCUT2D eigenvalue weighted by Crippen LogP contribution is -2.43. The predicted molar refractivity (Wildman–Crippen MR) is 76.1 cm³/mol. The molecule has 0 saturated heterocycles. The van der Waals surface area contributed by atoms with E-state index in [1.807, 2.05) is 0 Å². The second kappa shape index (κ2) is 6.21. The number of nitrogens with zero attached hydrogens (tertiary/aromatic N) is 1. The van der Waals surface area contributed by atoms with Crippen molar-refractivity contribution in [2.75, 3.05) is 25.1 Å². The van der Waals surface area contributed by atoms with E-state index >= 15 is 0 Å². The molecule has 1 saturated carbocycles. The van der Waals surface area contributed by atoms with E-state index in [2.05, 4.69) is 48.5 Å². The fourth-order valence-corrected chi connectivity index (χ4v) is 2.17. The zero-order chi connectivity index (χ0) is 13.0. The van der Waals surface area contributed by atoms with Crippen molar-refractivity contribution in [2.45, 2.75) is 38.3 Å². The standard InChI is InChI=1S/C15H24N2O/c1-3-12-4-8-15(9-5-12)17(2)10-14(11-18)16-13-6-7-13/h4-5,8-9,13-14,16,18H,3,6-7,10-11H2,1-2H3. The summed E-state index contributed by atoms with van der Waals surface area (Å²) in [7, 11) is 2.08. The van der Waals surface area contributed by atoms with Crippen molar-refractivity contribution in [1.82, 2.24) is 5.32 Å². The van der Waals surface area contributed by atoms with Crippen LogP contribution in [-0.4, -0.2) is 37.4 Å². The van der Waals surface area contributed by atoms with Gasteiger partial charge < -0.3 is 15.3 Å². The molecule has 0 spiro atoms. The Bertz CT molecular complexity index is 359. The summed E-state index contributed by atoms with van der Waals surface area (Å²) >= 11 is 0. The van der Waals surface area contributed by atoms with Crippen molar-refractivity contribution in [1.29, 1.82) is 0 Å². The molecule has 0 bridgehead atoms. The number of rotatable bonds is 7. The molecule has 1 aliphatic rings. The monoisotopic (exact) mass is 248 g/mol. The summed E-state index contributed by atoms with van der Waals surface area (Å²) in [5.41, 5.74) is 2.57. The van der Waals surface area contributed by atoms with Crippen LogP contribution in [0.3, 0.4) is 0 Å². The van der Waals surface area contributed by atoms with E-state index in [9.17, 15) is 5.11 Å². The highest BCUT2D eigenvalue weighted by atomic mass is 16.3. The number of hydrogen-bond donors (Lipinski definition) is 2. The van der Waals surface area contributed by atoms with E-state index in [1.165, 1.54) is 24.1 Å². The van der Waals surface area contributed by atoms with Crippen molar-refractivity contribution in [2.24, 2.45) is 0 Å². The van der Waals surface area contributed by atoms with Gasteiger partial charge >= 0.3 is 0 Å². The quantitative estimate of drug-likeness (QED) is 0.772. The van der Waals surface area contributed by atoms with Gasteiger partial charge in [0.05, 0.1) is 6.61 Å². The van der Waals surface area contributed by atoms with Gasteiger partial charge in [-0.1, -0.05) is 19.1 Å². The van der Waals surface area contributed by atoms with Crippen LogP contribution in [0.25, 0.3) is 0 Å². The maximum absolute atomic E-state index is 9.39. The smallest absolute Gasteiger partial charge is 0.0602 e. The molecular formula is C15H24N2O. The number of anilines is 1. The summed E-state index contributed by atoms with van der Waals surface area (Å²) in [6.07, 6.45) is 3.59. The topological polar surface area (TPSA) is 35.5 Å². The molecule has 2 rings (SSSR count). The Morgan fingerprint density at radius 2 is 2.00 bits per heavy atom. The average Bonchev–Trinajstić information content (AvgIpc) is 3.22. The number of likely N-dealkylation sites (N-methyl/N-ethyl adjacent to an activating group) is 1. The van der Waals surface area contributed by atoms with Gasteiger partial charge in [-0.15, -0.1) is 0 Å². The van der Waals surface area contributed by atoms with Crippen molar-refractivity contribution in [3.63, 3.8) is 0 Å². The second-order valence-corrected chi connectivity index (χ2v) is 5.22. The first-order valence-corrected chi connectivity index (χ1v) is 6.90. The highest BCUT2D eigenvalue weighted by molar-refractivity contribution is 5.47. The van der Waals surface area contributed by atoms with Crippen molar-refractivity contribution < 1.29 is 5.11 Å². The van der Waals surface area contributed by atoms with Crippen LogP contribution in [0, 0.1) is 0 Å². The van der Waals surface area contributed by atoms with Gasteiger partial charge in [0.2, 0.25) is 0 Å². The van der Waals surface area contributed by atoms with E-state index in [0.717, 1.165) is 13.0 Å². The fourth-order valence-electron chi connectivity index (χ4n) is 2.17. The van der Waals surface area contributed by atoms with Gasteiger partial charge in [0.1, 0.15) is 0 Å². The van der Waals surface area contributed by atoms with E-state index < -0.39 is 0 Å². The van der Waals surface area contributed by atoms with E-state index in [-0.39, 0.29) is 12.6 Å². The van der Waals surface area contributed by atoms with Crippen LogP contribution >= 0.6 is 0 Å². The van der Waals surface area contributed by atoms with Crippen LogP contribution in [0.15, 0.2) is 24.3 Å². The molecule has 0 heterocycles. The lowest BCUT2D eigenvalue weighted by Gasteiger charge is -2.25. The molecule has 1 aromatic rings. The molecule has 1 aliphatic carbocycles. The molecule has 100 valence electrons. The van der Waals surface area contributed by atoms with Crippen molar-refractivity contribution in [3.8, 4) is 0 Å². The molecule has 1 unspecified atom stereocenters. The second-order valence-electron chi connectivity index (χ2n) is 5.22. The van der Waals surface area contributed by atoms with Gasteiger partial charge in [0, 0.05) is 31.4 Å². The normalized spacial score (nSPS) is 16.6. The average molecular weight is 248 g/mol. The highest BCUT2D eigenvalue weighted by Gasteiger charge is 2.24. The molecule has 1 aromatic carbocycles. The van der Waals surface area contributed by atoms with Crippen LogP contribution in [0.1, 0.15) is 25.3 Å². The molecule has 3 nitrogen and oxygen atoms in total. The Labute approximate surface area is 110 Å². The molecule has 2 N–H and O–H groups in total. The first kappa shape index (κ1) is 13.4. The Morgan fingerprint density at radius 1 is 1.33 bits per heavy atom. The van der Waals surface area contributed by atoms with Crippen LogP contribution in [0.4, 0.5) is 5.69 Å². The minimum atomic E-state index is 0.174. The van der Waals surface area contributed by atoms with Crippen LogP contribution in [0.2, 0.25) is 0 Å². The SMILES string of the molecule is CCc1ccc(N(C)CC(CO)NC2CC2)cc1. The molecule has 0 radical (unpaired) electrons. The van der Waals surface area contributed by atoms with Gasteiger partial charge in [-0.2, -0.15) is 0 Å². The minimum absolute atomic E-state index is 0.174. The van der Waals surface area contributed by atoms with Gasteiger partial charge in [0.25, 0.3) is 0 Å². The number of hydrogen-bond acceptors (Lipinski definition) is 3. The number of aliphatic hydroxyl groups excluding tert-OH is 1. The molecule has 1 atom stereocenters. The first-order chi connectivity index (χ1) is 8.72. The first-order valence-electron chi connectivity index (χ1n) is 6.90. The minimum Gasteiger partial charge on any atom is -0.395 e. The molecule has 1 fully saturated rings. The van der Waals surface area contributed by atoms with Gasteiger partial charge in [-0.3, -0.25) is 0 Å². The third-order valence-corrected chi connectivity index (χ3v) is 3.55. The number of aryl methyl sites for hydroxylation is 1. The van der Waals surface area contributed by atoms with E-state index in [1.54, 1.807) is 0 Å². The van der Waals surface area contributed by atoms with E-state index in [4.69, 9.17) is 0 Å². The molecule has 0 amide bonds. The zero-order valence-corrected chi connectivity index (χ0v) is 11.4. The molecule has 3 heteroatoms. The number of aliphatic hydroxyl groups is 1. The predicted octanol–water partition coefficient (Wildman–Crippen LogP) is 1.80. The third-order valence-electron chi connectivity index (χ3n) is 3.55. The van der Waals surface area contributed by atoms with Crippen LogP contribution in [0.5, 0.6) is 0 Å². The van der Waals surface area contributed by atoms with Crippen molar-refractivity contribution in [3.05, 3.63) is 29.8 Å². The summed E-state index contributed by atoms with van der Waals surface area (Å²) in [6, 6.07) is 9.48. The zero-order valence-electron chi connectivity index (χ0n) is 11.4. The molecule has 0 aromatic heterocycles. The summed E-state index contributed by atoms with van der Waals surface area (Å²) in [6.45, 7) is 3.21. The van der Waals surface area contributed by atoms with Gasteiger partial charge in [-0.05, 0) is 37.0 Å². The van der Waals surface area contributed by atoms with Crippen LogP contribution < -0.4 is 10.2 Å². The Kier molecular flexibility index (Phi) is 4.61. The largest absolute Gasteiger partial charge is 0.395 e. The Morgan fingerprint density at radius 3 is 2.50 bits per heavy atom. The summed E-state index contributed by atoms with van der Waals surface area (Å²) in [5.74, 6) is 0. The van der Waals surface area contributed by atoms with Gasteiger partial charge in [0.15, 0.2) is 0 Å². The Hall–Kier alpha value is -1.06. The van der Waals surface area contributed by atoms with Crippen LogP contribution in [-0.2, 0) is 6.42 Å². The summed E-state index contributed by atoms with van der Waals surface area (Å²) < 4.78 is 0. The summed E-state index contributed by atoms with van der Waals surface area (Å²) in [5, 5.41) is 12.9. The molecular weight excluding hydrogens is 224 g/mol. The highest BCUT2D eigenvalue weighted by Crippen LogP contribution is 2.20. The summed E-state index contributed by atoms with van der Waals surface area (Å²) in [4.78, 5) is 2.20. The number of nitrogens with one attached hydrogen (secondary N) is 1. The third kappa shape index (κ3) is 3.72. The maximum Gasteiger partial charge on any atom is 0.0602 e. The molecule has 18 heavy (non-hydrogen) atoms. The Balaban J connectivity index is 1.89. The number of benzene rings is 1.